The van der Waals surface area contributed by atoms with Crippen molar-refractivity contribution in [3.8, 4) is 11.6 Å². The lowest BCUT2D eigenvalue weighted by molar-refractivity contribution is 0.0691. The molecule has 0 saturated heterocycles. The number of hydrogen-bond acceptors (Lipinski definition) is 3. The summed E-state index contributed by atoms with van der Waals surface area (Å²) in [7, 11) is 0. The molecule has 0 fully saturated rings. The molecule has 0 amide bonds. The van der Waals surface area contributed by atoms with Crippen molar-refractivity contribution in [1.82, 2.24) is 19.5 Å². The Labute approximate surface area is 98.3 Å². The van der Waals surface area contributed by atoms with Crippen LogP contribution in [0.5, 0.6) is 0 Å². The van der Waals surface area contributed by atoms with E-state index < -0.39 is 5.97 Å². The fraction of sp³-hybridized carbons (Fsp3) is 0.364. The Morgan fingerprint density at radius 2 is 2.41 bits per heavy atom. The van der Waals surface area contributed by atoms with E-state index in [1.54, 1.807) is 6.20 Å². The second kappa shape index (κ2) is 4.82. The molecule has 2 aromatic rings. The average molecular weight is 234 g/mol. The van der Waals surface area contributed by atoms with Gasteiger partial charge in [0.25, 0.3) is 0 Å². The number of aryl methyl sites for hydroxylation is 1. The molecule has 0 aliphatic heterocycles. The molecular formula is C11H14N4O2. The Hall–Kier alpha value is -2.11. The third-order valence-corrected chi connectivity index (χ3v) is 2.48. The van der Waals surface area contributed by atoms with Crippen molar-refractivity contribution < 1.29 is 9.90 Å². The number of imidazole rings is 2. The van der Waals surface area contributed by atoms with Gasteiger partial charge in [0, 0.05) is 25.1 Å². The molecule has 0 aromatic carbocycles. The van der Waals surface area contributed by atoms with Gasteiger partial charge < -0.3 is 14.7 Å². The van der Waals surface area contributed by atoms with E-state index in [1.807, 2.05) is 10.8 Å². The van der Waals surface area contributed by atoms with E-state index >= 15 is 0 Å². The zero-order valence-electron chi connectivity index (χ0n) is 9.55. The van der Waals surface area contributed by atoms with E-state index in [-0.39, 0.29) is 5.69 Å². The quantitative estimate of drug-likeness (QED) is 0.825. The number of rotatable bonds is 5. The maximum absolute atomic E-state index is 10.7. The molecule has 0 saturated carbocycles. The van der Waals surface area contributed by atoms with Gasteiger partial charge in [-0.25, -0.2) is 14.8 Å². The molecule has 0 unspecified atom stereocenters. The Morgan fingerprint density at radius 1 is 1.59 bits per heavy atom. The largest absolute Gasteiger partial charge is 0.476 e. The molecule has 90 valence electrons. The first-order chi connectivity index (χ1) is 8.22. The highest BCUT2D eigenvalue weighted by atomic mass is 16.4. The second-order valence-corrected chi connectivity index (χ2v) is 3.74. The number of aromatic nitrogens is 4. The first-order valence-corrected chi connectivity index (χ1v) is 5.52. The lowest BCUT2D eigenvalue weighted by atomic mass is 10.3. The number of aromatic carboxylic acids is 1. The van der Waals surface area contributed by atoms with Crippen molar-refractivity contribution in [2.45, 2.75) is 26.3 Å². The van der Waals surface area contributed by atoms with Crippen LogP contribution in [0.3, 0.4) is 0 Å². The summed E-state index contributed by atoms with van der Waals surface area (Å²) < 4.78 is 1.97. The zero-order valence-corrected chi connectivity index (χ0v) is 9.55. The molecule has 0 atom stereocenters. The van der Waals surface area contributed by atoms with E-state index in [0.717, 1.165) is 19.4 Å². The molecule has 0 bridgehead atoms. The van der Waals surface area contributed by atoms with Gasteiger partial charge in [-0.3, -0.25) is 0 Å². The van der Waals surface area contributed by atoms with Gasteiger partial charge in [0.15, 0.2) is 17.3 Å². The molecule has 2 aromatic heterocycles. The monoisotopic (exact) mass is 234 g/mol. The minimum Gasteiger partial charge on any atom is -0.476 e. The highest BCUT2D eigenvalue weighted by molar-refractivity contribution is 5.85. The number of carboxylic acid groups (broad SMARTS) is 1. The van der Waals surface area contributed by atoms with Crippen LogP contribution in [0.2, 0.25) is 0 Å². The molecular weight excluding hydrogens is 220 g/mol. The van der Waals surface area contributed by atoms with Gasteiger partial charge >= 0.3 is 5.97 Å². The van der Waals surface area contributed by atoms with Gasteiger partial charge in [-0.15, -0.1) is 0 Å². The van der Waals surface area contributed by atoms with E-state index in [0.29, 0.717) is 11.6 Å². The number of H-pyrrole nitrogens is 1. The third kappa shape index (κ3) is 2.35. The molecule has 0 aliphatic rings. The van der Waals surface area contributed by atoms with E-state index in [4.69, 9.17) is 5.11 Å². The number of nitrogens with zero attached hydrogens (tertiary/aromatic N) is 3. The summed E-state index contributed by atoms with van der Waals surface area (Å²) in [6.45, 7) is 2.97. The fourth-order valence-corrected chi connectivity index (χ4v) is 1.58. The van der Waals surface area contributed by atoms with Gasteiger partial charge in [0.05, 0.1) is 0 Å². The summed E-state index contributed by atoms with van der Waals surface area (Å²) in [6, 6.07) is 0. The molecule has 0 radical (unpaired) electrons. The van der Waals surface area contributed by atoms with Crippen LogP contribution in [0.25, 0.3) is 11.6 Å². The predicted octanol–water partition coefficient (Wildman–Crippen LogP) is 1.77. The van der Waals surface area contributed by atoms with Crippen molar-refractivity contribution >= 4 is 5.97 Å². The first-order valence-electron chi connectivity index (χ1n) is 5.52. The van der Waals surface area contributed by atoms with Crippen LogP contribution >= 0.6 is 0 Å². The Bertz CT molecular complexity index is 515. The maximum atomic E-state index is 10.7. The topological polar surface area (TPSA) is 83.8 Å². The fourth-order valence-electron chi connectivity index (χ4n) is 1.58. The molecule has 0 aliphatic carbocycles. The molecule has 0 spiro atoms. The number of hydrogen-bond donors (Lipinski definition) is 2. The summed E-state index contributed by atoms with van der Waals surface area (Å²) in [6.07, 6.45) is 7.07. The Kier molecular flexibility index (Phi) is 3.22. The van der Waals surface area contributed by atoms with Crippen molar-refractivity contribution in [3.63, 3.8) is 0 Å². The standard InChI is InChI=1S/C11H14N4O2/c1-2-3-5-15-6-4-12-10(15)9-13-7-8(14-9)11(16)17/h4,6-7H,2-3,5H2,1H3,(H,13,14)(H,16,17). The smallest absolute Gasteiger partial charge is 0.356 e. The lowest BCUT2D eigenvalue weighted by Crippen LogP contribution is -2.01. The van der Waals surface area contributed by atoms with Gasteiger partial charge in [-0.05, 0) is 6.42 Å². The van der Waals surface area contributed by atoms with Crippen LogP contribution in [0.4, 0.5) is 0 Å². The number of nitrogens with one attached hydrogen (secondary N) is 1. The van der Waals surface area contributed by atoms with Gasteiger partial charge in [0.2, 0.25) is 0 Å². The molecule has 2 rings (SSSR count). The van der Waals surface area contributed by atoms with Gasteiger partial charge in [-0.2, -0.15) is 0 Å². The van der Waals surface area contributed by atoms with Crippen molar-refractivity contribution in [2.75, 3.05) is 0 Å². The summed E-state index contributed by atoms with van der Waals surface area (Å²) in [4.78, 5) is 21.7. The SMILES string of the molecule is CCCCn1ccnc1-c1nc(C(=O)O)c[nH]1. The Balaban J connectivity index is 2.26. The highest BCUT2D eigenvalue weighted by Crippen LogP contribution is 2.14. The number of unbranched alkanes of at least 4 members (excludes halogenated alkanes) is 1. The van der Waals surface area contributed by atoms with Crippen LogP contribution in [0.1, 0.15) is 30.3 Å². The van der Waals surface area contributed by atoms with Gasteiger partial charge in [0.1, 0.15) is 0 Å². The van der Waals surface area contributed by atoms with Crippen LogP contribution < -0.4 is 0 Å². The number of aromatic amines is 1. The second-order valence-electron chi connectivity index (χ2n) is 3.74. The maximum Gasteiger partial charge on any atom is 0.356 e. The van der Waals surface area contributed by atoms with Crippen LogP contribution in [0.15, 0.2) is 18.6 Å². The minimum atomic E-state index is -1.04. The molecule has 17 heavy (non-hydrogen) atoms. The summed E-state index contributed by atoms with van der Waals surface area (Å²) in [5.74, 6) is 0.119. The number of carboxylic acids is 1. The van der Waals surface area contributed by atoms with Crippen LogP contribution in [-0.4, -0.2) is 30.6 Å². The third-order valence-electron chi connectivity index (χ3n) is 2.48. The van der Waals surface area contributed by atoms with Crippen molar-refractivity contribution in [2.24, 2.45) is 0 Å². The molecule has 6 nitrogen and oxygen atoms in total. The predicted molar refractivity (Wildman–Crippen MR) is 61.7 cm³/mol. The van der Waals surface area contributed by atoms with E-state index in [1.165, 1.54) is 6.20 Å². The first kappa shape index (κ1) is 11.4. The normalized spacial score (nSPS) is 10.6. The molecule has 2 N–H and O–H groups in total. The van der Waals surface area contributed by atoms with E-state index in [9.17, 15) is 4.79 Å². The summed E-state index contributed by atoms with van der Waals surface area (Å²) >= 11 is 0. The highest BCUT2D eigenvalue weighted by Gasteiger charge is 2.13. The van der Waals surface area contributed by atoms with Crippen molar-refractivity contribution in [3.05, 3.63) is 24.3 Å². The van der Waals surface area contributed by atoms with E-state index in [2.05, 4.69) is 21.9 Å². The van der Waals surface area contributed by atoms with Gasteiger partial charge in [-0.1, -0.05) is 13.3 Å². The average Bonchev–Trinajstić information content (AvgIpc) is 2.94. The minimum absolute atomic E-state index is 0.00467. The van der Waals surface area contributed by atoms with Crippen LogP contribution in [0, 0.1) is 0 Å². The molecule has 2 heterocycles. The summed E-state index contributed by atoms with van der Waals surface area (Å²) in [5.41, 5.74) is 0.00467. The van der Waals surface area contributed by atoms with Crippen molar-refractivity contribution in [1.29, 1.82) is 0 Å². The lowest BCUT2D eigenvalue weighted by Gasteiger charge is -2.03. The Morgan fingerprint density at radius 3 is 3.06 bits per heavy atom. The summed E-state index contributed by atoms with van der Waals surface area (Å²) in [5, 5.41) is 8.80. The zero-order chi connectivity index (χ0) is 12.3. The number of carbonyl (C=O) groups is 1. The molecule has 6 heteroatoms. The van der Waals surface area contributed by atoms with Crippen LogP contribution in [-0.2, 0) is 6.54 Å².